The predicted molar refractivity (Wildman–Crippen MR) is 121 cm³/mol. The highest BCUT2D eigenvalue weighted by Gasteiger charge is 2.26. The number of aromatic nitrogens is 3. The zero-order valence-electron chi connectivity index (χ0n) is 16.7. The summed E-state index contributed by atoms with van der Waals surface area (Å²) in [5.74, 6) is 1.12. The van der Waals surface area contributed by atoms with Crippen LogP contribution < -0.4 is 10.2 Å². The number of piperazine rings is 1. The molecule has 3 aromatic rings. The molecule has 0 bridgehead atoms. The lowest BCUT2D eigenvalue weighted by molar-refractivity contribution is 0.0746. The van der Waals surface area contributed by atoms with Crippen LogP contribution in [0.2, 0.25) is 10.0 Å². The molecule has 31 heavy (non-hydrogen) atoms. The topological polar surface area (TPSA) is 83.4 Å². The fourth-order valence-electron chi connectivity index (χ4n) is 3.38. The summed E-state index contributed by atoms with van der Waals surface area (Å²) in [5, 5.41) is 14.1. The van der Waals surface area contributed by atoms with Crippen molar-refractivity contribution < 1.29 is 9.59 Å². The van der Waals surface area contributed by atoms with Gasteiger partial charge in [0.05, 0.1) is 22.0 Å². The van der Waals surface area contributed by atoms with E-state index in [9.17, 15) is 9.59 Å². The summed E-state index contributed by atoms with van der Waals surface area (Å²) >= 11 is 13.5. The molecule has 0 saturated carbocycles. The van der Waals surface area contributed by atoms with Crippen LogP contribution in [0.3, 0.4) is 0 Å². The minimum Gasteiger partial charge on any atom is -0.344 e. The van der Waals surface area contributed by atoms with Gasteiger partial charge < -0.3 is 15.1 Å². The van der Waals surface area contributed by atoms with E-state index in [0.29, 0.717) is 58.4 Å². The van der Waals surface area contributed by atoms with Crippen LogP contribution in [0.5, 0.6) is 0 Å². The molecule has 2 amide bonds. The molecule has 1 aliphatic rings. The highest BCUT2D eigenvalue weighted by molar-refractivity contribution is 7.12. The second kappa shape index (κ2) is 9.25. The van der Waals surface area contributed by atoms with E-state index in [1.54, 1.807) is 29.2 Å². The summed E-state index contributed by atoms with van der Waals surface area (Å²) in [5.41, 5.74) is 0.446. The summed E-state index contributed by atoms with van der Waals surface area (Å²) in [4.78, 5) is 29.4. The molecule has 0 atom stereocenters. The first-order valence-corrected chi connectivity index (χ1v) is 11.3. The molecule has 2 aromatic heterocycles. The third kappa shape index (κ3) is 4.68. The Labute approximate surface area is 193 Å². The van der Waals surface area contributed by atoms with E-state index in [1.807, 2.05) is 23.1 Å². The van der Waals surface area contributed by atoms with E-state index in [0.717, 1.165) is 0 Å². The number of nitrogens with one attached hydrogen (secondary N) is 1. The maximum atomic E-state index is 12.8. The number of hydrogen-bond donors (Lipinski definition) is 1. The van der Waals surface area contributed by atoms with Crippen molar-refractivity contribution in [2.45, 2.75) is 6.54 Å². The Hall–Kier alpha value is -2.62. The van der Waals surface area contributed by atoms with Crippen molar-refractivity contribution in [2.75, 3.05) is 31.1 Å². The minimum atomic E-state index is -0.132. The van der Waals surface area contributed by atoms with Crippen LogP contribution >= 0.6 is 34.5 Å². The fraction of sp³-hybridized carbons (Fsp3) is 0.300. The average molecular weight is 479 g/mol. The quantitative estimate of drug-likeness (QED) is 0.608. The van der Waals surface area contributed by atoms with Crippen LogP contribution in [0, 0.1) is 0 Å². The molecule has 0 spiro atoms. The molecule has 0 unspecified atom stereocenters. The molecule has 11 heteroatoms. The van der Waals surface area contributed by atoms with Gasteiger partial charge in [0, 0.05) is 38.2 Å². The van der Waals surface area contributed by atoms with Crippen LogP contribution in [0.4, 0.5) is 5.95 Å². The van der Waals surface area contributed by atoms with Gasteiger partial charge >= 0.3 is 0 Å². The number of carbonyl (C=O) groups excluding carboxylic acids is 2. The number of benzene rings is 1. The molecule has 1 N–H and O–H groups in total. The second-order valence-electron chi connectivity index (χ2n) is 7.04. The molecule has 1 fully saturated rings. The van der Waals surface area contributed by atoms with Gasteiger partial charge in [-0.05, 0) is 29.6 Å². The molecule has 8 nitrogen and oxygen atoms in total. The number of amides is 2. The smallest absolute Gasteiger partial charge is 0.261 e. The molecular formula is C20H20Cl2N6O2S. The highest BCUT2D eigenvalue weighted by atomic mass is 35.5. The van der Waals surface area contributed by atoms with Crippen LogP contribution in [0.1, 0.15) is 25.9 Å². The van der Waals surface area contributed by atoms with Crippen molar-refractivity contribution in [1.82, 2.24) is 25.0 Å². The third-order valence-corrected chi connectivity index (χ3v) is 6.52. The number of thiophene rings is 1. The third-order valence-electron chi connectivity index (χ3n) is 5.11. The summed E-state index contributed by atoms with van der Waals surface area (Å²) in [7, 11) is 1.87. The van der Waals surface area contributed by atoms with Gasteiger partial charge in [-0.25, -0.2) is 0 Å². The largest absolute Gasteiger partial charge is 0.344 e. The first-order chi connectivity index (χ1) is 14.9. The zero-order valence-corrected chi connectivity index (χ0v) is 19.0. The molecular weight excluding hydrogens is 459 g/mol. The molecule has 1 aromatic carbocycles. The van der Waals surface area contributed by atoms with Gasteiger partial charge in [-0.2, -0.15) is 0 Å². The Bertz CT molecular complexity index is 1090. The van der Waals surface area contributed by atoms with E-state index in [4.69, 9.17) is 23.2 Å². The van der Waals surface area contributed by atoms with Crippen molar-refractivity contribution >= 4 is 52.3 Å². The molecule has 1 saturated heterocycles. The Morgan fingerprint density at radius 1 is 1.13 bits per heavy atom. The lowest BCUT2D eigenvalue weighted by Crippen LogP contribution is -2.49. The Morgan fingerprint density at radius 2 is 1.90 bits per heavy atom. The normalized spacial score (nSPS) is 14.0. The molecule has 162 valence electrons. The maximum Gasteiger partial charge on any atom is 0.261 e. The van der Waals surface area contributed by atoms with Gasteiger partial charge in [0.15, 0.2) is 5.82 Å². The molecule has 0 aliphatic carbocycles. The Morgan fingerprint density at radius 3 is 2.58 bits per heavy atom. The van der Waals surface area contributed by atoms with E-state index in [-0.39, 0.29) is 18.4 Å². The Balaban J connectivity index is 1.35. The van der Waals surface area contributed by atoms with Crippen molar-refractivity contribution in [2.24, 2.45) is 7.05 Å². The molecule has 1 aliphatic heterocycles. The second-order valence-corrected chi connectivity index (χ2v) is 8.83. The highest BCUT2D eigenvalue weighted by Crippen LogP contribution is 2.23. The van der Waals surface area contributed by atoms with Crippen molar-refractivity contribution in [3.63, 3.8) is 0 Å². The summed E-state index contributed by atoms with van der Waals surface area (Å²) in [6.07, 6.45) is 0. The summed E-state index contributed by atoms with van der Waals surface area (Å²) in [6.45, 7) is 2.59. The number of nitrogens with zero attached hydrogens (tertiary/aromatic N) is 5. The number of halogens is 2. The van der Waals surface area contributed by atoms with Gasteiger partial charge in [0.25, 0.3) is 11.8 Å². The van der Waals surface area contributed by atoms with Crippen LogP contribution in [0.15, 0.2) is 35.7 Å². The fourth-order valence-corrected chi connectivity index (χ4v) is 4.51. The number of carbonyl (C=O) groups is 2. The van der Waals surface area contributed by atoms with E-state index < -0.39 is 0 Å². The lowest BCUT2D eigenvalue weighted by atomic mass is 10.2. The van der Waals surface area contributed by atoms with Crippen molar-refractivity contribution in [3.8, 4) is 0 Å². The predicted octanol–water partition coefficient (Wildman–Crippen LogP) is 3.08. The van der Waals surface area contributed by atoms with E-state index in [1.165, 1.54) is 11.3 Å². The van der Waals surface area contributed by atoms with Gasteiger partial charge in [0.2, 0.25) is 5.95 Å². The number of rotatable bonds is 5. The minimum absolute atomic E-state index is 0.115. The Kier molecular flexibility index (Phi) is 6.45. The maximum absolute atomic E-state index is 12.8. The van der Waals surface area contributed by atoms with Gasteiger partial charge in [0.1, 0.15) is 0 Å². The number of hydrogen-bond acceptors (Lipinski definition) is 6. The molecule has 3 heterocycles. The van der Waals surface area contributed by atoms with E-state index >= 15 is 0 Å². The first kappa shape index (κ1) is 21.6. The van der Waals surface area contributed by atoms with Crippen LogP contribution in [-0.4, -0.2) is 57.7 Å². The van der Waals surface area contributed by atoms with Gasteiger partial charge in [-0.1, -0.05) is 29.3 Å². The average Bonchev–Trinajstić information content (AvgIpc) is 3.42. The van der Waals surface area contributed by atoms with Gasteiger partial charge in [-0.15, -0.1) is 21.5 Å². The van der Waals surface area contributed by atoms with Gasteiger partial charge in [-0.3, -0.25) is 14.2 Å². The number of anilines is 1. The summed E-state index contributed by atoms with van der Waals surface area (Å²) < 4.78 is 1.86. The summed E-state index contributed by atoms with van der Waals surface area (Å²) in [6, 6.07) is 8.50. The monoisotopic (exact) mass is 478 g/mol. The lowest BCUT2D eigenvalue weighted by Gasteiger charge is -2.35. The van der Waals surface area contributed by atoms with Crippen LogP contribution in [-0.2, 0) is 13.6 Å². The SMILES string of the molecule is Cn1c(CNC(=O)c2cccs2)nnc1N1CCN(C(=O)c2ccc(Cl)cc2Cl)CC1. The molecule has 0 radical (unpaired) electrons. The first-order valence-electron chi connectivity index (χ1n) is 9.63. The van der Waals surface area contributed by atoms with E-state index in [2.05, 4.69) is 20.4 Å². The van der Waals surface area contributed by atoms with Crippen LogP contribution in [0.25, 0.3) is 0 Å². The zero-order chi connectivity index (χ0) is 22.0. The molecule has 4 rings (SSSR count). The standard InChI is InChI=1S/C20H20Cl2N6O2S/c1-26-17(12-23-18(29)16-3-2-10-31-16)24-25-20(26)28-8-6-27(7-9-28)19(30)14-5-4-13(21)11-15(14)22/h2-5,10-11H,6-9,12H2,1H3,(H,23,29). The van der Waals surface area contributed by atoms with Crippen molar-refractivity contribution in [3.05, 3.63) is 62.0 Å². The van der Waals surface area contributed by atoms with Crippen molar-refractivity contribution in [1.29, 1.82) is 0 Å².